The van der Waals surface area contributed by atoms with Crippen molar-refractivity contribution in [2.24, 2.45) is 23.5 Å². The van der Waals surface area contributed by atoms with Crippen molar-refractivity contribution in [3.8, 4) is 0 Å². The van der Waals surface area contributed by atoms with Crippen molar-refractivity contribution >= 4 is 27.5 Å². The number of hydrogen-bond donors (Lipinski definition) is 3. The molecule has 2 aliphatic rings. The maximum atomic E-state index is 13.2. The molecule has 4 rings (SSSR count). The van der Waals surface area contributed by atoms with E-state index in [-0.39, 0.29) is 30.1 Å². The molecule has 218 valence electrons. The topological polar surface area (TPSA) is 125 Å². The number of benzene rings is 2. The van der Waals surface area contributed by atoms with Crippen molar-refractivity contribution in [2.75, 3.05) is 37.4 Å². The lowest BCUT2D eigenvalue weighted by atomic mass is 9.92. The second-order valence-electron chi connectivity index (χ2n) is 11.3. The molecule has 0 bridgehead atoms. The van der Waals surface area contributed by atoms with Crippen LogP contribution in [-0.4, -0.2) is 73.6 Å². The Hall–Kier alpha value is -2.86. The monoisotopic (exact) mass is 573 g/mol. The van der Waals surface area contributed by atoms with Gasteiger partial charge in [-0.25, -0.2) is 12.8 Å². The molecule has 5 atom stereocenters. The second kappa shape index (κ2) is 13.2. The number of nitrogens with zero attached hydrogens (tertiary/aromatic N) is 2. The highest BCUT2D eigenvalue weighted by Gasteiger charge is 2.39. The molecule has 2 fully saturated rings. The Bertz CT molecular complexity index is 1260. The van der Waals surface area contributed by atoms with E-state index < -0.39 is 28.0 Å². The van der Waals surface area contributed by atoms with E-state index >= 15 is 0 Å². The van der Waals surface area contributed by atoms with Gasteiger partial charge in [0.2, 0.25) is 21.8 Å². The summed E-state index contributed by atoms with van der Waals surface area (Å²) < 4.78 is 40.4. The molecule has 2 aromatic carbocycles. The smallest absolute Gasteiger partial charge is 0.234 e. The minimum Gasteiger partial charge on any atom is -0.350 e. The molecular weight excluding hydrogens is 533 g/mol. The average Bonchev–Trinajstić information content (AvgIpc) is 3.61. The van der Waals surface area contributed by atoms with Gasteiger partial charge in [0.15, 0.2) is 0 Å². The van der Waals surface area contributed by atoms with Crippen molar-refractivity contribution in [3.05, 3.63) is 66.0 Å². The first kappa shape index (κ1) is 30.1. The Kier molecular flexibility index (Phi) is 9.94. The van der Waals surface area contributed by atoms with Crippen LogP contribution in [-0.2, 0) is 26.0 Å². The van der Waals surface area contributed by atoms with E-state index in [9.17, 15) is 22.4 Å². The highest BCUT2D eigenvalue weighted by Crippen LogP contribution is 2.39. The molecule has 0 radical (unpaired) electrons. The number of anilines is 1. The maximum absolute atomic E-state index is 13.2. The molecule has 1 saturated carbocycles. The largest absolute Gasteiger partial charge is 0.350 e. The van der Waals surface area contributed by atoms with Gasteiger partial charge in [-0.1, -0.05) is 44.2 Å². The summed E-state index contributed by atoms with van der Waals surface area (Å²) >= 11 is 0. The fourth-order valence-electron chi connectivity index (χ4n) is 5.12. The fraction of sp³-hybridized carbons (Fsp3) is 0.517. The van der Waals surface area contributed by atoms with E-state index in [0.717, 1.165) is 12.0 Å². The van der Waals surface area contributed by atoms with Crippen molar-refractivity contribution in [1.82, 2.24) is 14.5 Å². The van der Waals surface area contributed by atoms with Crippen LogP contribution >= 0.6 is 0 Å². The summed E-state index contributed by atoms with van der Waals surface area (Å²) in [6.07, 6.45) is 1.83. The first-order chi connectivity index (χ1) is 19.0. The number of amides is 2. The lowest BCUT2D eigenvalue weighted by Gasteiger charge is -2.34. The van der Waals surface area contributed by atoms with Crippen LogP contribution in [0.25, 0.3) is 0 Å². The van der Waals surface area contributed by atoms with Crippen molar-refractivity contribution in [2.45, 2.75) is 45.2 Å². The van der Waals surface area contributed by atoms with Gasteiger partial charge < -0.3 is 16.4 Å². The number of halogens is 1. The third-order valence-electron chi connectivity index (χ3n) is 7.83. The summed E-state index contributed by atoms with van der Waals surface area (Å²) in [5.41, 5.74) is 8.04. The minimum atomic E-state index is -3.45. The number of hydrogen-bond acceptors (Lipinski definition) is 6. The molecule has 2 aromatic rings. The Balaban J connectivity index is 1.34. The molecule has 11 heteroatoms. The predicted octanol–water partition coefficient (Wildman–Crippen LogP) is 2.41. The zero-order chi connectivity index (χ0) is 28.9. The van der Waals surface area contributed by atoms with E-state index in [4.69, 9.17) is 5.73 Å². The summed E-state index contributed by atoms with van der Waals surface area (Å²) in [7, 11) is -3.45. The first-order valence-electron chi connectivity index (χ1n) is 13.9. The van der Waals surface area contributed by atoms with Crippen LogP contribution in [0.4, 0.5) is 10.1 Å². The fourth-order valence-corrected chi connectivity index (χ4v) is 6.75. The Morgan fingerprint density at radius 3 is 2.40 bits per heavy atom. The van der Waals surface area contributed by atoms with Crippen LogP contribution in [0.15, 0.2) is 54.6 Å². The third kappa shape index (κ3) is 8.57. The van der Waals surface area contributed by atoms with Gasteiger partial charge in [-0.05, 0) is 60.9 Å². The molecule has 2 amide bonds. The van der Waals surface area contributed by atoms with E-state index in [1.165, 1.54) is 24.3 Å². The summed E-state index contributed by atoms with van der Waals surface area (Å²) in [5, 5.41) is 5.78. The highest BCUT2D eigenvalue weighted by molar-refractivity contribution is 7.89. The second-order valence-corrected chi connectivity index (χ2v) is 13.2. The zero-order valence-corrected chi connectivity index (χ0v) is 23.9. The van der Waals surface area contributed by atoms with Gasteiger partial charge in [-0.15, -0.1) is 0 Å². The lowest BCUT2D eigenvalue weighted by molar-refractivity contribution is -0.123. The molecule has 4 N–H and O–H groups in total. The van der Waals surface area contributed by atoms with Gasteiger partial charge in [-0.2, -0.15) is 4.31 Å². The van der Waals surface area contributed by atoms with Gasteiger partial charge >= 0.3 is 0 Å². The molecule has 0 spiro atoms. The molecule has 40 heavy (non-hydrogen) atoms. The van der Waals surface area contributed by atoms with Crippen LogP contribution in [0.5, 0.6) is 0 Å². The third-order valence-corrected chi connectivity index (χ3v) is 9.64. The summed E-state index contributed by atoms with van der Waals surface area (Å²) in [6.45, 7) is 5.27. The van der Waals surface area contributed by atoms with Gasteiger partial charge in [0.05, 0.1) is 6.54 Å². The molecule has 9 nitrogen and oxygen atoms in total. The number of nitrogens with one attached hydrogen (secondary N) is 2. The number of rotatable bonds is 12. The number of nitrogens with two attached hydrogens (primary N) is 1. The summed E-state index contributed by atoms with van der Waals surface area (Å²) in [6, 6.07) is 14.1. The Morgan fingerprint density at radius 1 is 1.10 bits per heavy atom. The van der Waals surface area contributed by atoms with Gasteiger partial charge in [0.1, 0.15) is 11.7 Å². The van der Waals surface area contributed by atoms with Gasteiger partial charge in [-0.3, -0.25) is 14.5 Å². The molecule has 2 unspecified atom stereocenters. The maximum Gasteiger partial charge on any atom is 0.234 e. The minimum absolute atomic E-state index is 0.0501. The lowest BCUT2D eigenvalue weighted by Crippen LogP contribution is -2.55. The predicted molar refractivity (Wildman–Crippen MR) is 153 cm³/mol. The standard InChI is InChI=1S/C29H40FN5O4S/c1-20-14-23(20)17-35-13-12-34(19-40(35,38)39)18-28(36)33-27(16-22-6-4-3-5-7-22)26(31)15-21(2)29(37)32-25-10-8-24(30)9-11-25/h3-11,20-21,23,26-27H,12-19,31H2,1-2H3,(H,32,37)(H,33,36)/t20?,21-,23?,26+,27+/m1/s1. The van der Waals surface area contributed by atoms with E-state index in [2.05, 4.69) is 17.6 Å². The molecule has 1 saturated heterocycles. The van der Waals surface area contributed by atoms with Crippen molar-refractivity contribution < 1.29 is 22.4 Å². The molecule has 0 aromatic heterocycles. The Morgan fingerprint density at radius 2 is 1.77 bits per heavy atom. The van der Waals surface area contributed by atoms with Gasteiger partial charge in [0.25, 0.3) is 0 Å². The zero-order valence-electron chi connectivity index (χ0n) is 23.1. The van der Waals surface area contributed by atoms with Crippen LogP contribution in [0.3, 0.4) is 0 Å². The molecule has 1 aliphatic carbocycles. The average molecular weight is 574 g/mol. The van der Waals surface area contributed by atoms with Crippen LogP contribution < -0.4 is 16.4 Å². The Labute approximate surface area is 236 Å². The summed E-state index contributed by atoms with van der Waals surface area (Å²) in [5.74, 6) is -0.596. The van der Waals surface area contributed by atoms with Crippen molar-refractivity contribution in [3.63, 3.8) is 0 Å². The quantitative estimate of drug-likeness (QED) is 0.358. The van der Waals surface area contributed by atoms with E-state index in [0.29, 0.717) is 50.0 Å². The normalized spacial score (nSPS) is 23.1. The molecular formula is C29H40FN5O4S. The molecule has 1 aliphatic heterocycles. The highest BCUT2D eigenvalue weighted by atomic mass is 32.2. The number of sulfonamides is 1. The van der Waals surface area contributed by atoms with E-state index in [1.54, 1.807) is 16.1 Å². The van der Waals surface area contributed by atoms with Crippen LogP contribution in [0.2, 0.25) is 0 Å². The van der Waals surface area contributed by atoms with E-state index in [1.807, 2.05) is 30.3 Å². The first-order valence-corrected chi connectivity index (χ1v) is 15.5. The van der Waals surface area contributed by atoms with Crippen molar-refractivity contribution in [1.29, 1.82) is 0 Å². The number of carbonyl (C=O) groups excluding carboxylic acids is 2. The summed E-state index contributed by atoms with van der Waals surface area (Å²) in [4.78, 5) is 27.5. The number of carbonyl (C=O) groups is 2. The SMILES string of the molecule is CC1CC1CN1CCN(CC(=O)N[C@@H](Cc2ccccc2)[C@@H](N)C[C@@H](C)C(=O)Nc2ccc(F)cc2)CS1(=O)=O. The van der Waals surface area contributed by atoms with Gasteiger partial charge in [0, 0.05) is 43.3 Å². The molecule has 1 heterocycles. The van der Waals surface area contributed by atoms with Crippen LogP contribution in [0.1, 0.15) is 32.3 Å². The van der Waals surface area contributed by atoms with Crippen LogP contribution in [0, 0.1) is 23.6 Å².